The summed E-state index contributed by atoms with van der Waals surface area (Å²) in [4.78, 5) is 16.8. The molecule has 0 spiro atoms. The summed E-state index contributed by atoms with van der Waals surface area (Å²) in [7, 11) is 1.74. The van der Waals surface area contributed by atoms with Gasteiger partial charge in [0.15, 0.2) is 0 Å². The van der Waals surface area contributed by atoms with Crippen LogP contribution in [0, 0.1) is 6.92 Å². The second-order valence-corrected chi connectivity index (χ2v) is 6.63. The number of nitrogens with zero attached hydrogens (tertiary/aromatic N) is 4. The lowest BCUT2D eigenvalue weighted by Gasteiger charge is -2.39. The van der Waals surface area contributed by atoms with Gasteiger partial charge in [0.05, 0.1) is 17.4 Å². The summed E-state index contributed by atoms with van der Waals surface area (Å²) in [5, 5.41) is 14.6. The number of carbonyl (C=O) groups excluding carboxylic acids is 1. The molecule has 7 heteroatoms. The van der Waals surface area contributed by atoms with Gasteiger partial charge >= 0.3 is 0 Å². The number of rotatable bonds is 2. The Morgan fingerprint density at radius 1 is 1.27 bits per heavy atom. The summed E-state index contributed by atoms with van der Waals surface area (Å²) >= 11 is 6.19. The van der Waals surface area contributed by atoms with Gasteiger partial charge in [0.1, 0.15) is 5.15 Å². The Morgan fingerprint density at radius 2 is 1.95 bits per heavy atom. The summed E-state index contributed by atoms with van der Waals surface area (Å²) in [6.45, 7) is 4.78. The Balaban J connectivity index is 1.65. The number of carbonyl (C=O) groups is 1. The molecule has 122 valence electrons. The van der Waals surface area contributed by atoms with Crippen molar-refractivity contribution in [2.24, 2.45) is 7.05 Å². The molecule has 0 aromatic carbocycles. The van der Waals surface area contributed by atoms with Gasteiger partial charge in [-0.2, -0.15) is 5.10 Å². The highest BCUT2D eigenvalue weighted by Gasteiger charge is 2.34. The Morgan fingerprint density at radius 3 is 2.45 bits per heavy atom. The van der Waals surface area contributed by atoms with Crippen LogP contribution in [0.2, 0.25) is 5.15 Å². The zero-order chi connectivity index (χ0) is 15.9. The highest BCUT2D eigenvalue weighted by atomic mass is 35.5. The largest absolute Gasteiger partial charge is 0.391 e. The number of aryl methyl sites for hydroxylation is 2. The van der Waals surface area contributed by atoms with Crippen molar-refractivity contribution < 1.29 is 9.90 Å². The van der Waals surface area contributed by atoms with Crippen molar-refractivity contribution in [1.82, 2.24) is 19.6 Å². The first-order valence-electron chi connectivity index (χ1n) is 7.89. The zero-order valence-corrected chi connectivity index (χ0v) is 13.9. The Hall–Kier alpha value is -1.11. The van der Waals surface area contributed by atoms with Gasteiger partial charge in [-0.3, -0.25) is 14.4 Å². The first kappa shape index (κ1) is 15.8. The number of aromatic nitrogens is 2. The smallest absolute Gasteiger partial charge is 0.258 e. The molecule has 1 amide bonds. The van der Waals surface area contributed by atoms with Crippen molar-refractivity contribution >= 4 is 17.5 Å². The van der Waals surface area contributed by atoms with Crippen LogP contribution in [0.3, 0.4) is 0 Å². The summed E-state index contributed by atoms with van der Waals surface area (Å²) < 4.78 is 1.54. The molecule has 22 heavy (non-hydrogen) atoms. The highest BCUT2D eigenvalue weighted by molar-refractivity contribution is 6.33. The van der Waals surface area contributed by atoms with Crippen LogP contribution >= 0.6 is 11.6 Å². The van der Waals surface area contributed by atoms with E-state index < -0.39 is 0 Å². The minimum Gasteiger partial charge on any atom is -0.391 e. The van der Waals surface area contributed by atoms with Crippen LogP contribution in [0.1, 0.15) is 35.3 Å². The van der Waals surface area contributed by atoms with Gasteiger partial charge < -0.3 is 10.0 Å². The molecule has 3 rings (SSSR count). The van der Waals surface area contributed by atoms with Crippen LogP contribution in [0.4, 0.5) is 0 Å². The number of aliphatic hydroxyl groups is 1. The van der Waals surface area contributed by atoms with E-state index >= 15 is 0 Å². The second kappa shape index (κ2) is 6.18. The van der Waals surface area contributed by atoms with Crippen molar-refractivity contribution in [3.05, 3.63) is 16.4 Å². The van der Waals surface area contributed by atoms with Crippen LogP contribution in [0.25, 0.3) is 0 Å². The van der Waals surface area contributed by atoms with E-state index in [1.165, 1.54) is 4.68 Å². The summed E-state index contributed by atoms with van der Waals surface area (Å²) in [5.41, 5.74) is 1.18. The van der Waals surface area contributed by atoms with Crippen molar-refractivity contribution in [2.45, 2.75) is 38.3 Å². The predicted molar refractivity (Wildman–Crippen MR) is 84.1 cm³/mol. The van der Waals surface area contributed by atoms with Crippen LogP contribution < -0.4 is 0 Å². The minimum absolute atomic E-state index is 0.0396. The Labute approximate surface area is 135 Å². The maximum atomic E-state index is 12.7. The Kier molecular flexibility index (Phi) is 4.43. The molecule has 0 bridgehead atoms. The molecule has 2 heterocycles. The van der Waals surface area contributed by atoms with Gasteiger partial charge in [-0.05, 0) is 26.2 Å². The molecule has 1 aromatic rings. The van der Waals surface area contributed by atoms with Crippen LogP contribution in [-0.4, -0.2) is 68.9 Å². The van der Waals surface area contributed by atoms with Crippen LogP contribution in [0.15, 0.2) is 0 Å². The molecule has 1 aliphatic carbocycles. The van der Waals surface area contributed by atoms with E-state index in [9.17, 15) is 9.90 Å². The SMILES string of the molecule is Cc1nn(C)c(Cl)c1C(=O)N1CCN([C@@H]2CCC[C@@H]2O)CC1. The summed E-state index contributed by atoms with van der Waals surface area (Å²) in [6.07, 6.45) is 2.84. The first-order chi connectivity index (χ1) is 10.5. The van der Waals surface area contributed by atoms with E-state index in [0.29, 0.717) is 29.5 Å². The average Bonchev–Trinajstić information content (AvgIpc) is 3.03. The lowest BCUT2D eigenvalue weighted by atomic mass is 10.1. The fraction of sp³-hybridized carbons (Fsp3) is 0.733. The van der Waals surface area contributed by atoms with Gasteiger partial charge in [-0.1, -0.05) is 11.6 Å². The molecule has 0 radical (unpaired) electrons. The number of aliphatic hydroxyl groups excluding tert-OH is 1. The first-order valence-corrected chi connectivity index (χ1v) is 8.27. The number of hydrogen-bond donors (Lipinski definition) is 1. The molecular weight excluding hydrogens is 304 g/mol. The van der Waals surface area contributed by atoms with Gasteiger partial charge in [-0.25, -0.2) is 0 Å². The third kappa shape index (κ3) is 2.75. The predicted octanol–water partition coefficient (Wildman–Crippen LogP) is 1.05. The third-order valence-electron chi connectivity index (χ3n) is 4.88. The van der Waals surface area contributed by atoms with Crippen molar-refractivity contribution in [1.29, 1.82) is 0 Å². The van der Waals surface area contributed by atoms with E-state index in [0.717, 1.165) is 32.4 Å². The number of piperazine rings is 1. The van der Waals surface area contributed by atoms with Crippen molar-refractivity contribution in [3.8, 4) is 0 Å². The third-order valence-corrected chi connectivity index (χ3v) is 5.31. The molecule has 2 atom stereocenters. The summed E-state index contributed by atoms with van der Waals surface area (Å²) in [6, 6.07) is 0.265. The number of amides is 1. The maximum Gasteiger partial charge on any atom is 0.258 e. The maximum absolute atomic E-state index is 12.7. The van der Waals surface area contributed by atoms with E-state index in [2.05, 4.69) is 10.00 Å². The number of hydrogen-bond acceptors (Lipinski definition) is 4. The monoisotopic (exact) mass is 326 g/mol. The van der Waals surface area contributed by atoms with Gasteiger partial charge in [-0.15, -0.1) is 0 Å². The number of halogens is 1. The normalized spacial score (nSPS) is 26.6. The molecule has 2 fully saturated rings. The fourth-order valence-corrected chi connectivity index (χ4v) is 3.89. The minimum atomic E-state index is -0.211. The van der Waals surface area contributed by atoms with Gasteiger partial charge in [0.25, 0.3) is 5.91 Å². The molecule has 1 N–H and O–H groups in total. The van der Waals surface area contributed by atoms with Crippen molar-refractivity contribution in [2.75, 3.05) is 26.2 Å². The summed E-state index contributed by atoms with van der Waals surface area (Å²) in [5.74, 6) is -0.0396. The quantitative estimate of drug-likeness (QED) is 0.882. The van der Waals surface area contributed by atoms with E-state index in [1.807, 2.05) is 11.8 Å². The van der Waals surface area contributed by atoms with Crippen molar-refractivity contribution in [3.63, 3.8) is 0 Å². The standard InChI is InChI=1S/C15H23ClN4O2/c1-10-13(14(16)18(2)17-10)15(22)20-8-6-19(7-9-20)11-4-3-5-12(11)21/h11-12,21H,3-9H2,1-2H3/t11-,12+/m1/s1. The molecule has 6 nitrogen and oxygen atoms in total. The topological polar surface area (TPSA) is 61.6 Å². The van der Waals surface area contributed by atoms with Crippen LogP contribution in [0.5, 0.6) is 0 Å². The molecular formula is C15H23ClN4O2. The van der Waals surface area contributed by atoms with Crippen LogP contribution in [-0.2, 0) is 7.05 Å². The molecule has 2 aliphatic rings. The second-order valence-electron chi connectivity index (χ2n) is 6.27. The molecule has 0 unspecified atom stereocenters. The highest BCUT2D eigenvalue weighted by Crippen LogP contribution is 2.26. The molecule has 1 aliphatic heterocycles. The molecule has 1 aromatic heterocycles. The van der Waals surface area contributed by atoms with E-state index in [4.69, 9.17) is 11.6 Å². The van der Waals surface area contributed by atoms with E-state index in [-0.39, 0.29) is 18.1 Å². The average molecular weight is 327 g/mol. The van der Waals surface area contributed by atoms with Gasteiger partial charge in [0, 0.05) is 39.3 Å². The Bertz CT molecular complexity index is 566. The lowest BCUT2D eigenvalue weighted by Crippen LogP contribution is -2.53. The zero-order valence-electron chi connectivity index (χ0n) is 13.1. The fourth-order valence-electron chi connectivity index (χ4n) is 3.63. The molecule has 1 saturated heterocycles. The lowest BCUT2D eigenvalue weighted by molar-refractivity contribution is 0.0315. The van der Waals surface area contributed by atoms with E-state index in [1.54, 1.807) is 7.05 Å². The molecule has 1 saturated carbocycles. The van der Waals surface area contributed by atoms with Gasteiger partial charge in [0.2, 0.25) is 0 Å².